The number of thiophene rings is 1. The fourth-order valence-corrected chi connectivity index (χ4v) is 3.20. The summed E-state index contributed by atoms with van der Waals surface area (Å²) in [5.74, 6) is -1.17. The highest BCUT2D eigenvalue weighted by Crippen LogP contribution is 2.19. The Labute approximate surface area is 150 Å². The van der Waals surface area contributed by atoms with Crippen LogP contribution in [0.3, 0.4) is 0 Å². The Kier molecular flexibility index (Phi) is 4.87. The molecule has 0 radical (unpaired) electrons. The minimum Gasteiger partial charge on any atom is -0.365 e. The SMILES string of the molecule is NC(=O)c1cnc(NC(=O)c2ccc(NC(=O)c3cccs3)cc2)s1. The van der Waals surface area contributed by atoms with Gasteiger partial charge in [-0.1, -0.05) is 17.4 Å². The molecule has 9 heteroatoms. The number of hydrogen-bond donors (Lipinski definition) is 3. The fraction of sp³-hybridized carbons (Fsp3) is 0. The summed E-state index contributed by atoms with van der Waals surface area (Å²) < 4.78 is 0. The van der Waals surface area contributed by atoms with Gasteiger partial charge in [0.2, 0.25) is 0 Å². The van der Waals surface area contributed by atoms with Crippen LogP contribution in [0.15, 0.2) is 48.0 Å². The first-order valence-corrected chi connectivity index (χ1v) is 8.74. The molecule has 0 aliphatic rings. The molecule has 0 fully saturated rings. The molecule has 1 aromatic carbocycles. The van der Waals surface area contributed by atoms with Crippen LogP contribution in [0.5, 0.6) is 0 Å². The number of rotatable bonds is 5. The van der Waals surface area contributed by atoms with E-state index in [1.165, 1.54) is 17.5 Å². The maximum atomic E-state index is 12.2. The highest BCUT2D eigenvalue weighted by Gasteiger charge is 2.12. The van der Waals surface area contributed by atoms with Gasteiger partial charge in [-0.2, -0.15) is 0 Å². The lowest BCUT2D eigenvalue weighted by Gasteiger charge is -2.05. The van der Waals surface area contributed by atoms with Gasteiger partial charge in [-0.15, -0.1) is 11.3 Å². The van der Waals surface area contributed by atoms with Crippen LogP contribution in [-0.4, -0.2) is 22.7 Å². The largest absolute Gasteiger partial charge is 0.365 e. The van der Waals surface area contributed by atoms with E-state index in [0.717, 1.165) is 11.3 Å². The van der Waals surface area contributed by atoms with Gasteiger partial charge >= 0.3 is 0 Å². The highest BCUT2D eigenvalue weighted by molar-refractivity contribution is 7.17. The molecule has 25 heavy (non-hydrogen) atoms. The Morgan fingerprint density at radius 2 is 1.72 bits per heavy atom. The second-order valence-corrected chi connectivity index (χ2v) is 6.84. The molecule has 4 N–H and O–H groups in total. The summed E-state index contributed by atoms with van der Waals surface area (Å²) >= 11 is 2.35. The molecule has 0 spiro atoms. The highest BCUT2D eigenvalue weighted by atomic mass is 32.1. The van der Waals surface area contributed by atoms with Crippen LogP contribution in [0.1, 0.15) is 29.7 Å². The van der Waals surface area contributed by atoms with E-state index in [9.17, 15) is 14.4 Å². The molecule has 0 saturated heterocycles. The van der Waals surface area contributed by atoms with Crippen LogP contribution < -0.4 is 16.4 Å². The van der Waals surface area contributed by atoms with Crippen LogP contribution in [0, 0.1) is 0 Å². The van der Waals surface area contributed by atoms with Crippen molar-refractivity contribution in [1.29, 1.82) is 0 Å². The molecule has 0 aliphatic heterocycles. The minimum atomic E-state index is -0.594. The predicted molar refractivity (Wildman–Crippen MR) is 97.3 cm³/mol. The Bertz CT molecular complexity index is 917. The van der Waals surface area contributed by atoms with Crippen molar-refractivity contribution >= 4 is 51.2 Å². The number of amides is 3. The zero-order valence-corrected chi connectivity index (χ0v) is 14.3. The molecule has 0 unspecified atom stereocenters. The molecule has 0 bridgehead atoms. The molecule has 0 aliphatic carbocycles. The number of primary amides is 1. The molecular formula is C16H12N4O3S2. The summed E-state index contributed by atoms with van der Waals surface area (Å²) in [5, 5.41) is 7.46. The number of nitrogens with one attached hydrogen (secondary N) is 2. The molecule has 7 nitrogen and oxygen atoms in total. The molecule has 3 amide bonds. The standard InChI is InChI=1S/C16H12N4O3S2/c17-13(21)12-8-18-16(25-12)20-14(22)9-3-5-10(6-4-9)19-15(23)11-2-1-7-24-11/h1-8H,(H2,17,21)(H,19,23)(H,18,20,22). The van der Waals surface area contributed by atoms with Crippen molar-refractivity contribution in [2.24, 2.45) is 5.73 Å². The van der Waals surface area contributed by atoms with Crippen molar-refractivity contribution in [1.82, 2.24) is 4.98 Å². The van der Waals surface area contributed by atoms with E-state index in [1.54, 1.807) is 36.4 Å². The van der Waals surface area contributed by atoms with Gasteiger partial charge in [-0.05, 0) is 35.7 Å². The predicted octanol–water partition coefficient (Wildman–Crippen LogP) is 2.81. The van der Waals surface area contributed by atoms with Crippen LogP contribution in [0.4, 0.5) is 10.8 Å². The van der Waals surface area contributed by atoms with Crippen LogP contribution >= 0.6 is 22.7 Å². The lowest BCUT2D eigenvalue weighted by Crippen LogP contribution is -2.13. The van der Waals surface area contributed by atoms with Crippen molar-refractivity contribution in [3.05, 3.63) is 63.3 Å². The molecule has 2 aromatic heterocycles. The van der Waals surface area contributed by atoms with Crippen molar-refractivity contribution < 1.29 is 14.4 Å². The normalized spacial score (nSPS) is 10.2. The van der Waals surface area contributed by atoms with E-state index in [0.29, 0.717) is 16.1 Å². The van der Waals surface area contributed by atoms with Gasteiger partial charge in [0.05, 0.1) is 11.1 Å². The van der Waals surface area contributed by atoms with Crippen molar-refractivity contribution in [3.63, 3.8) is 0 Å². The molecule has 0 atom stereocenters. The van der Waals surface area contributed by atoms with Gasteiger partial charge < -0.3 is 11.1 Å². The van der Waals surface area contributed by atoms with Gasteiger partial charge in [0.15, 0.2) is 5.13 Å². The summed E-state index contributed by atoms with van der Waals surface area (Å²) in [6.45, 7) is 0. The quantitative estimate of drug-likeness (QED) is 0.639. The summed E-state index contributed by atoms with van der Waals surface area (Å²) in [6.07, 6.45) is 1.31. The van der Waals surface area contributed by atoms with E-state index >= 15 is 0 Å². The molecule has 3 aromatic rings. The van der Waals surface area contributed by atoms with Gasteiger partial charge in [-0.25, -0.2) is 4.98 Å². The second kappa shape index (κ2) is 7.24. The zero-order chi connectivity index (χ0) is 17.8. The number of aromatic nitrogens is 1. The first kappa shape index (κ1) is 16.8. The van der Waals surface area contributed by atoms with Crippen molar-refractivity contribution in [2.75, 3.05) is 10.6 Å². The Hall–Kier alpha value is -3.04. The molecule has 126 valence electrons. The van der Waals surface area contributed by atoms with Crippen molar-refractivity contribution in [2.45, 2.75) is 0 Å². The topological polar surface area (TPSA) is 114 Å². The number of benzene rings is 1. The lowest BCUT2D eigenvalue weighted by molar-refractivity contribution is 0.0999. The minimum absolute atomic E-state index is 0.200. The monoisotopic (exact) mass is 372 g/mol. The maximum absolute atomic E-state index is 12.2. The van der Waals surface area contributed by atoms with Crippen LogP contribution in [0.2, 0.25) is 0 Å². The second-order valence-electron chi connectivity index (χ2n) is 4.86. The fourth-order valence-electron chi connectivity index (χ4n) is 1.92. The van der Waals surface area contributed by atoms with E-state index < -0.39 is 5.91 Å². The summed E-state index contributed by atoms with van der Waals surface area (Å²) in [6, 6.07) is 9.98. The molecule has 3 rings (SSSR count). The number of hydrogen-bond acceptors (Lipinski definition) is 6. The third-order valence-electron chi connectivity index (χ3n) is 3.12. The smallest absolute Gasteiger partial charge is 0.265 e. The van der Waals surface area contributed by atoms with E-state index in [1.807, 2.05) is 5.38 Å². The number of nitrogens with two attached hydrogens (primary N) is 1. The third kappa shape index (κ3) is 4.08. The van der Waals surface area contributed by atoms with Gasteiger partial charge in [0.1, 0.15) is 4.88 Å². The Morgan fingerprint density at radius 1 is 0.960 bits per heavy atom. The number of thiazole rings is 1. The number of carbonyl (C=O) groups excluding carboxylic acids is 3. The van der Waals surface area contributed by atoms with E-state index in [2.05, 4.69) is 15.6 Å². The first-order valence-electron chi connectivity index (χ1n) is 7.05. The van der Waals surface area contributed by atoms with Gasteiger partial charge in [0, 0.05) is 11.3 Å². The number of anilines is 2. The van der Waals surface area contributed by atoms with Crippen LogP contribution in [-0.2, 0) is 0 Å². The average molecular weight is 372 g/mol. The lowest BCUT2D eigenvalue weighted by atomic mass is 10.2. The Balaban J connectivity index is 1.64. The van der Waals surface area contributed by atoms with E-state index in [4.69, 9.17) is 5.73 Å². The van der Waals surface area contributed by atoms with E-state index in [-0.39, 0.29) is 21.8 Å². The zero-order valence-electron chi connectivity index (χ0n) is 12.7. The maximum Gasteiger partial charge on any atom is 0.265 e. The van der Waals surface area contributed by atoms with Crippen LogP contribution in [0.25, 0.3) is 0 Å². The van der Waals surface area contributed by atoms with Gasteiger partial charge in [0.25, 0.3) is 17.7 Å². The first-order chi connectivity index (χ1) is 12.0. The third-order valence-corrected chi connectivity index (χ3v) is 4.91. The molecule has 0 saturated carbocycles. The summed E-state index contributed by atoms with van der Waals surface area (Å²) in [4.78, 5) is 40.0. The number of nitrogens with zero attached hydrogens (tertiary/aromatic N) is 1. The average Bonchev–Trinajstić information content (AvgIpc) is 3.27. The van der Waals surface area contributed by atoms with Crippen molar-refractivity contribution in [3.8, 4) is 0 Å². The summed E-state index contributed by atoms with van der Waals surface area (Å²) in [7, 11) is 0. The van der Waals surface area contributed by atoms with Gasteiger partial charge in [-0.3, -0.25) is 19.7 Å². The Morgan fingerprint density at radius 3 is 2.32 bits per heavy atom. The number of carbonyl (C=O) groups is 3. The summed E-state index contributed by atoms with van der Waals surface area (Å²) in [5.41, 5.74) is 6.12. The molecular weight excluding hydrogens is 360 g/mol. The molecule has 2 heterocycles.